The zero-order chi connectivity index (χ0) is 19.3. The molecular weight excluding hydrogens is 384 g/mol. The Balaban J connectivity index is 1.59. The summed E-state index contributed by atoms with van der Waals surface area (Å²) in [6, 6.07) is 10.3. The second kappa shape index (κ2) is 8.69. The van der Waals surface area contributed by atoms with Crippen molar-refractivity contribution in [2.45, 2.75) is 11.8 Å². The third-order valence-electron chi connectivity index (χ3n) is 4.26. The van der Waals surface area contributed by atoms with E-state index >= 15 is 0 Å². The second-order valence-electron chi connectivity index (χ2n) is 5.98. The van der Waals surface area contributed by atoms with Crippen molar-refractivity contribution in [1.29, 1.82) is 0 Å². The van der Waals surface area contributed by atoms with Crippen molar-refractivity contribution in [1.82, 2.24) is 9.21 Å². The van der Waals surface area contributed by atoms with Crippen LogP contribution in [0.5, 0.6) is 5.75 Å². The lowest BCUT2D eigenvalue weighted by molar-refractivity contribution is -0.127. The van der Waals surface area contributed by atoms with Crippen LogP contribution in [-0.2, 0) is 14.8 Å². The molecule has 0 N–H and O–H groups in total. The van der Waals surface area contributed by atoms with Gasteiger partial charge >= 0.3 is 0 Å². The molecule has 2 aromatic rings. The Hall–Kier alpha value is -2.16. The van der Waals surface area contributed by atoms with Crippen LogP contribution >= 0.6 is 11.3 Å². The first-order chi connectivity index (χ1) is 13.0. The average Bonchev–Trinajstić information content (AvgIpc) is 3.20. The van der Waals surface area contributed by atoms with Crippen LogP contribution in [0.4, 0.5) is 0 Å². The van der Waals surface area contributed by atoms with Gasteiger partial charge in [0.05, 0.1) is 11.5 Å². The van der Waals surface area contributed by atoms with Crippen molar-refractivity contribution < 1.29 is 17.9 Å². The summed E-state index contributed by atoms with van der Waals surface area (Å²) in [6.07, 6.45) is 3.33. The molecule has 1 amide bonds. The maximum Gasteiger partial charge on any atom is 0.246 e. The Morgan fingerprint density at radius 2 is 1.85 bits per heavy atom. The van der Waals surface area contributed by atoms with Gasteiger partial charge in [-0.25, -0.2) is 8.42 Å². The van der Waals surface area contributed by atoms with Gasteiger partial charge in [-0.1, -0.05) is 6.07 Å². The van der Waals surface area contributed by atoms with Crippen LogP contribution in [0.25, 0.3) is 6.08 Å². The number of rotatable bonds is 6. The highest BCUT2D eigenvalue weighted by molar-refractivity contribution is 7.89. The van der Waals surface area contributed by atoms with Crippen LogP contribution in [0.2, 0.25) is 0 Å². The molecule has 1 fully saturated rings. The molecule has 27 heavy (non-hydrogen) atoms. The summed E-state index contributed by atoms with van der Waals surface area (Å²) in [4.78, 5) is 15.2. The summed E-state index contributed by atoms with van der Waals surface area (Å²) in [7, 11) is -3.57. The van der Waals surface area contributed by atoms with Gasteiger partial charge in [0.15, 0.2) is 0 Å². The topological polar surface area (TPSA) is 66.9 Å². The Kier molecular flexibility index (Phi) is 6.30. The quantitative estimate of drug-likeness (QED) is 0.692. The predicted octanol–water partition coefficient (Wildman–Crippen LogP) is 2.69. The fourth-order valence-corrected chi connectivity index (χ4v) is 4.86. The van der Waals surface area contributed by atoms with E-state index in [2.05, 4.69) is 0 Å². The molecular formula is C19H22N2O4S2. The van der Waals surface area contributed by atoms with Gasteiger partial charge in [-0.2, -0.15) is 4.31 Å². The summed E-state index contributed by atoms with van der Waals surface area (Å²) < 4.78 is 32.3. The van der Waals surface area contributed by atoms with Crippen molar-refractivity contribution in [3.63, 3.8) is 0 Å². The summed E-state index contributed by atoms with van der Waals surface area (Å²) in [6.45, 7) is 3.74. The Morgan fingerprint density at radius 3 is 2.44 bits per heavy atom. The van der Waals surface area contributed by atoms with E-state index in [1.54, 1.807) is 52.7 Å². The van der Waals surface area contributed by atoms with E-state index in [9.17, 15) is 13.2 Å². The Labute approximate surface area is 163 Å². The van der Waals surface area contributed by atoms with E-state index in [4.69, 9.17) is 4.74 Å². The maximum atomic E-state index is 12.8. The summed E-state index contributed by atoms with van der Waals surface area (Å²) >= 11 is 1.56. The highest BCUT2D eigenvalue weighted by atomic mass is 32.2. The average molecular weight is 407 g/mol. The molecule has 2 heterocycles. The summed E-state index contributed by atoms with van der Waals surface area (Å²) in [5.74, 6) is 0.547. The molecule has 0 atom stereocenters. The standard InChI is InChI=1S/C19H22N2O4S2/c1-2-25-16-5-8-18(9-6-16)27(23,24)21-13-11-20(12-14-21)19(22)10-7-17-4-3-15-26-17/h3-10,15H,2,11-14H2,1H3/b10-7+. The molecule has 0 saturated carbocycles. The SMILES string of the molecule is CCOc1ccc(S(=O)(=O)N2CCN(C(=O)/C=C/c3cccs3)CC2)cc1. The Bertz CT molecular complexity index is 882. The maximum absolute atomic E-state index is 12.8. The van der Waals surface area contributed by atoms with Crippen molar-refractivity contribution in [3.8, 4) is 5.75 Å². The summed E-state index contributed by atoms with van der Waals surface area (Å²) in [5, 5.41) is 1.95. The van der Waals surface area contributed by atoms with Crippen LogP contribution in [0.3, 0.4) is 0 Å². The minimum atomic E-state index is -3.57. The monoisotopic (exact) mass is 406 g/mol. The van der Waals surface area contributed by atoms with Gasteiger partial charge in [-0.05, 0) is 48.7 Å². The normalized spacial score (nSPS) is 16.0. The minimum absolute atomic E-state index is 0.0958. The van der Waals surface area contributed by atoms with E-state index in [0.717, 1.165) is 4.88 Å². The molecule has 3 rings (SSSR count). The van der Waals surface area contributed by atoms with Gasteiger partial charge < -0.3 is 9.64 Å². The molecule has 0 unspecified atom stereocenters. The fraction of sp³-hybridized carbons (Fsp3) is 0.316. The van der Waals surface area contributed by atoms with Crippen molar-refractivity contribution in [2.75, 3.05) is 32.8 Å². The van der Waals surface area contributed by atoms with Crippen molar-refractivity contribution in [2.24, 2.45) is 0 Å². The van der Waals surface area contributed by atoms with Gasteiger partial charge in [-0.3, -0.25) is 4.79 Å². The largest absolute Gasteiger partial charge is 0.494 e. The van der Waals surface area contributed by atoms with Crippen LogP contribution < -0.4 is 4.74 Å². The molecule has 1 aromatic carbocycles. The smallest absolute Gasteiger partial charge is 0.246 e. The molecule has 0 spiro atoms. The van der Waals surface area contributed by atoms with Crippen molar-refractivity contribution in [3.05, 3.63) is 52.7 Å². The van der Waals surface area contributed by atoms with Crippen LogP contribution in [-0.4, -0.2) is 56.3 Å². The van der Waals surface area contributed by atoms with Gasteiger partial charge in [0.2, 0.25) is 15.9 Å². The number of piperazine rings is 1. The molecule has 0 aliphatic carbocycles. The molecule has 6 nitrogen and oxygen atoms in total. The van der Waals surface area contributed by atoms with Crippen molar-refractivity contribution >= 4 is 33.3 Å². The van der Waals surface area contributed by atoms with E-state index < -0.39 is 10.0 Å². The molecule has 1 aliphatic heterocycles. The second-order valence-corrected chi connectivity index (χ2v) is 8.90. The first-order valence-corrected chi connectivity index (χ1v) is 11.1. The first kappa shape index (κ1) is 19.6. The highest BCUT2D eigenvalue weighted by Crippen LogP contribution is 2.21. The van der Waals surface area contributed by atoms with E-state index in [1.165, 1.54) is 4.31 Å². The van der Waals surface area contributed by atoms with Gasteiger partial charge in [0.25, 0.3) is 0 Å². The molecule has 1 saturated heterocycles. The fourth-order valence-electron chi connectivity index (χ4n) is 2.82. The van der Waals surface area contributed by atoms with E-state index in [1.807, 2.05) is 24.4 Å². The van der Waals surface area contributed by atoms with Gasteiger partial charge in [0, 0.05) is 37.1 Å². The van der Waals surface area contributed by atoms with Crippen LogP contribution in [0.1, 0.15) is 11.8 Å². The van der Waals surface area contributed by atoms with Crippen LogP contribution in [0.15, 0.2) is 52.7 Å². The zero-order valence-electron chi connectivity index (χ0n) is 15.1. The molecule has 1 aromatic heterocycles. The number of nitrogens with zero attached hydrogens (tertiary/aromatic N) is 2. The van der Waals surface area contributed by atoms with E-state index in [0.29, 0.717) is 25.4 Å². The number of hydrogen-bond acceptors (Lipinski definition) is 5. The number of hydrogen-bond donors (Lipinski definition) is 0. The molecule has 0 radical (unpaired) electrons. The number of sulfonamides is 1. The third-order valence-corrected chi connectivity index (χ3v) is 7.01. The molecule has 0 bridgehead atoms. The first-order valence-electron chi connectivity index (χ1n) is 8.74. The Morgan fingerprint density at radius 1 is 1.15 bits per heavy atom. The molecule has 144 valence electrons. The van der Waals surface area contributed by atoms with Crippen LogP contribution in [0, 0.1) is 0 Å². The summed E-state index contributed by atoms with van der Waals surface area (Å²) in [5.41, 5.74) is 0. The number of thiophene rings is 1. The zero-order valence-corrected chi connectivity index (χ0v) is 16.7. The highest BCUT2D eigenvalue weighted by Gasteiger charge is 2.29. The number of carbonyl (C=O) groups is 1. The minimum Gasteiger partial charge on any atom is -0.494 e. The lowest BCUT2D eigenvalue weighted by atomic mass is 10.3. The number of amides is 1. The number of carbonyl (C=O) groups excluding carboxylic acids is 1. The molecule has 8 heteroatoms. The van der Waals surface area contributed by atoms with E-state index in [-0.39, 0.29) is 23.9 Å². The lowest BCUT2D eigenvalue weighted by Gasteiger charge is -2.33. The number of ether oxygens (including phenoxy) is 1. The molecule has 1 aliphatic rings. The number of benzene rings is 1. The predicted molar refractivity (Wildman–Crippen MR) is 106 cm³/mol. The third kappa shape index (κ3) is 4.77. The van der Waals surface area contributed by atoms with Gasteiger partial charge in [0.1, 0.15) is 5.75 Å². The van der Waals surface area contributed by atoms with Gasteiger partial charge in [-0.15, -0.1) is 11.3 Å². The lowest BCUT2D eigenvalue weighted by Crippen LogP contribution is -2.50.